The summed E-state index contributed by atoms with van der Waals surface area (Å²) in [6, 6.07) is 11.8. The third-order valence-electron chi connectivity index (χ3n) is 3.38. The average Bonchev–Trinajstić information content (AvgIpc) is 2.62. The van der Waals surface area contributed by atoms with Gasteiger partial charge in [0.1, 0.15) is 11.6 Å². The van der Waals surface area contributed by atoms with Crippen molar-refractivity contribution in [2.24, 2.45) is 0 Å². The maximum atomic E-state index is 12.4. The zero-order valence-electron chi connectivity index (χ0n) is 14.9. The number of nitriles is 1. The lowest BCUT2D eigenvalue weighted by Crippen LogP contribution is -2.13. The van der Waals surface area contributed by atoms with E-state index in [1.165, 1.54) is 6.08 Å². The Bertz CT molecular complexity index is 905. The first-order valence-electron chi connectivity index (χ1n) is 8.26. The van der Waals surface area contributed by atoms with E-state index in [0.717, 1.165) is 0 Å². The molecule has 140 valence electrons. The molecule has 0 fully saturated rings. The maximum absolute atomic E-state index is 12.4. The number of anilines is 1. The molecule has 2 aromatic carbocycles. The molecule has 5 nitrogen and oxygen atoms in total. The Hall–Kier alpha value is -2.68. The van der Waals surface area contributed by atoms with Crippen LogP contribution >= 0.6 is 23.2 Å². The van der Waals surface area contributed by atoms with Gasteiger partial charge in [-0.3, -0.25) is 4.79 Å². The van der Waals surface area contributed by atoms with E-state index in [9.17, 15) is 10.1 Å². The summed E-state index contributed by atoms with van der Waals surface area (Å²) in [5.41, 5.74) is 0.954. The fourth-order valence-corrected chi connectivity index (χ4v) is 2.76. The number of nitrogens with zero attached hydrogens (tertiary/aromatic N) is 1. The predicted octanol–water partition coefficient (Wildman–Crippen LogP) is 5.34. The van der Waals surface area contributed by atoms with Gasteiger partial charge in [0, 0.05) is 10.7 Å². The first-order chi connectivity index (χ1) is 13.0. The van der Waals surface area contributed by atoms with Gasteiger partial charge in [0.25, 0.3) is 5.91 Å². The van der Waals surface area contributed by atoms with Crippen LogP contribution in [0.5, 0.6) is 11.5 Å². The molecule has 0 aliphatic heterocycles. The molecule has 0 unspecified atom stereocenters. The number of halogens is 2. The number of ether oxygens (including phenoxy) is 2. The van der Waals surface area contributed by atoms with Gasteiger partial charge in [-0.15, -0.1) is 0 Å². The van der Waals surface area contributed by atoms with E-state index in [4.69, 9.17) is 32.7 Å². The van der Waals surface area contributed by atoms with Crippen molar-refractivity contribution in [3.8, 4) is 17.6 Å². The molecule has 0 saturated heterocycles. The van der Waals surface area contributed by atoms with Crippen LogP contribution in [0, 0.1) is 11.3 Å². The Kier molecular flexibility index (Phi) is 7.54. The summed E-state index contributed by atoms with van der Waals surface area (Å²) in [5, 5.41) is 12.8. The van der Waals surface area contributed by atoms with Gasteiger partial charge in [-0.25, -0.2) is 0 Å². The molecular formula is C20H18Cl2N2O3. The van der Waals surface area contributed by atoms with Gasteiger partial charge in [-0.05, 0) is 55.8 Å². The van der Waals surface area contributed by atoms with Crippen molar-refractivity contribution in [1.82, 2.24) is 0 Å². The summed E-state index contributed by atoms with van der Waals surface area (Å²) in [6.45, 7) is 4.53. The first kappa shape index (κ1) is 20.6. The summed E-state index contributed by atoms with van der Waals surface area (Å²) < 4.78 is 11.1. The van der Waals surface area contributed by atoms with Crippen molar-refractivity contribution >= 4 is 40.9 Å². The van der Waals surface area contributed by atoms with Crippen molar-refractivity contribution in [1.29, 1.82) is 5.26 Å². The Labute approximate surface area is 168 Å². The van der Waals surface area contributed by atoms with E-state index in [1.54, 1.807) is 36.4 Å². The topological polar surface area (TPSA) is 71.3 Å². The molecule has 0 atom stereocenters. The second kappa shape index (κ2) is 9.86. The van der Waals surface area contributed by atoms with Gasteiger partial charge >= 0.3 is 0 Å². The Morgan fingerprint density at radius 1 is 1.19 bits per heavy atom. The SMILES string of the molecule is CCOc1cc(/C=C(\C#N)C(=O)Nc2cccc(Cl)c2)cc(Cl)c1OCC. The highest BCUT2D eigenvalue weighted by molar-refractivity contribution is 6.32. The molecule has 7 heteroatoms. The molecule has 27 heavy (non-hydrogen) atoms. The zero-order valence-corrected chi connectivity index (χ0v) is 16.4. The van der Waals surface area contributed by atoms with Crippen molar-refractivity contribution in [3.63, 3.8) is 0 Å². The van der Waals surface area contributed by atoms with Crippen molar-refractivity contribution in [2.45, 2.75) is 13.8 Å². The minimum atomic E-state index is -0.553. The van der Waals surface area contributed by atoms with E-state index in [1.807, 2.05) is 19.9 Å². The molecule has 0 heterocycles. The van der Waals surface area contributed by atoms with Gasteiger partial charge in [0.05, 0.1) is 18.2 Å². The maximum Gasteiger partial charge on any atom is 0.266 e. The number of carbonyl (C=O) groups excluding carboxylic acids is 1. The van der Waals surface area contributed by atoms with Crippen molar-refractivity contribution in [2.75, 3.05) is 18.5 Å². The summed E-state index contributed by atoms with van der Waals surface area (Å²) in [5.74, 6) is 0.327. The van der Waals surface area contributed by atoms with Gasteiger partial charge in [0.15, 0.2) is 11.5 Å². The van der Waals surface area contributed by atoms with Gasteiger partial charge in [-0.2, -0.15) is 5.26 Å². The Morgan fingerprint density at radius 3 is 2.56 bits per heavy atom. The van der Waals surface area contributed by atoms with Crippen LogP contribution in [0.25, 0.3) is 6.08 Å². The van der Waals surface area contributed by atoms with Crippen LogP contribution in [0.15, 0.2) is 42.0 Å². The highest BCUT2D eigenvalue weighted by Crippen LogP contribution is 2.37. The molecular weight excluding hydrogens is 387 g/mol. The fourth-order valence-electron chi connectivity index (χ4n) is 2.30. The Balaban J connectivity index is 2.33. The molecule has 1 N–H and O–H groups in total. The highest BCUT2D eigenvalue weighted by Gasteiger charge is 2.14. The molecule has 0 saturated carbocycles. The monoisotopic (exact) mass is 404 g/mol. The number of benzene rings is 2. The molecule has 0 radical (unpaired) electrons. The summed E-state index contributed by atoms with van der Waals surface area (Å²) in [7, 11) is 0. The Morgan fingerprint density at radius 2 is 1.93 bits per heavy atom. The van der Waals surface area contributed by atoms with Gasteiger partial charge in [0.2, 0.25) is 0 Å². The molecule has 1 amide bonds. The van der Waals surface area contributed by atoms with E-state index in [-0.39, 0.29) is 5.57 Å². The van der Waals surface area contributed by atoms with Crippen LogP contribution in [-0.4, -0.2) is 19.1 Å². The first-order valence-corrected chi connectivity index (χ1v) is 9.01. The predicted molar refractivity (Wildman–Crippen MR) is 107 cm³/mol. The largest absolute Gasteiger partial charge is 0.490 e. The molecule has 0 bridgehead atoms. The van der Waals surface area contributed by atoms with Crippen LogP contribution in [0.2, 0.25) is 10.0 Å². The lowest BCUT2D eigenvalue weighted by molar-refractivity contribution is -0.112. The van der Waals surface area contributed by atoms with E-state index in [0.29, 0.717) is 46.0 Å². The van der Waals surface area contributed by atoms with E-state index < -0.39 is 5.91 Å². The number of hydrogen-bond acceptors (Lipinski definition) is 4. The number of hydrogen-bond donors (Lipinski definition) is 1. The highest BCUT2D eigenvalue weighted by atomic mass is 35.5. The molecule has 0 aliphatic rings. The van der Waals surface area contributed by atoms with Crippen LogP contribution in [0.3, 0.4) is 0 Å². The molecule has 0 aliphatic carbocycles. The normalized spacial score (nSPS) is 10.9. The summed E-state index contributed by atoms with van der Waals surface area (Å²) in [4.78, 5) is 12.4. The summed E-state index contributed by atoms with van der Waals surface area (Å²) >= 11 is 12.2. The second-order valence-corrected chi connectivity index (χ2v) is 6.17. The lowest BCUT2D eigenvalue weighted by atomic mass is 10.1. The summed E-state index contributed by atoms with van der Waals surface area (Å²) in [6.07, 6.45) is 1.43. The van der Waals surface area contributed by atoms with Crippen LogP contribution in [0.4, 0.5) is 5.69 Å². The van der Waals surface area contributed by atoms with Crippen molar-refractivity contribution in [3.05, 3.63) is 57.6 Å². The molecule has 2 rings (SSSR count). The average molecular weight is 405 g/mol. The van der Waals surface area contributed by atoms with Gasteiger partial charge < -0.3 is 14.8 Å². The number of rotatable bonds is 7. The van der Waals surface area contributed by atoms with Gasteiger partial charge in [-0.1, -0.05) is 29.3 Å². The number of nitrogens with one attached hydrogen (secondary N) is 1. The minimum absolute atomic E-state index is 0.0855. The number of amides is 1. The third-order valence-corrected chi connectivity index (χ3v) is 3.89. The minimum Gasteiger partial charge on any atom is -0.490 e. The standard InChI is InChI=1S/C20H18Cl2N2O3/c1-3-26-18-10-13(9-17(22)19(18)27-4-2)8-14(12-23)20(25)24-16-7-5-6-15(21)11-16/h5-11H,3-4H2,1-2H3,(H,24,25)/b14-8+. The lowest BCUT2D eigenvalue weighted by Gasteiger charge is -2.13. The van der Waals surface area contributed by atoms with Crippen LogP contribution in [0.1, 0.15) is 19.4 Å². The molecule has 0 spiro atoms. The quantitative estimate of drug-likeness (QED) is 0.499. The zero-order chi connectivity index (χ0) is 19.8. The van der Waals surface area contributed by atoms with Crippen LogP contribution < -0.4 is 14.8 Å². The second-order valence-electron chi connectivity index (χ2n) is 5.33. The molecule has 2 aromatic rings. The van der Waals surface area contributed by atoms with Crippen LogP contribution in [-0.2, 0) is 4.79 Å². The van der Waals surface area contributed by atoms with Crippen molar-refractivity contribution < 1.29 is 14.3 Å². The van der Waals surface area contributed by atoms with E-state index in [2.05, 4.69) is 5.32 Å². The van der Waals surface area contributed by atoms with E-state index >= 15 is 0 Å². The number of carbonyl (C=O) groups is 1. The third kappa shape index (κ3) is 5.65. The molecule has 0 aromatic heterocycles. The smallest absolute Gasteiger partial charge is 0.266 e. The fraction of sp³-hybridized carbons (Fsp3) is 0.200.